The van der Waals surface area contributed by atoms with Gasteiger partial charge in [-0.25, -0.2) is 4.98 Å². The van der Waals surface area contributed by atoms with E-state index in [1.165, 1.54) is 0 Å². The van der Waals surface area contributed by atoms with Gasteiger partial charge in [-0.05, 0) is 18.2 Å². The first-order chi connectivity index (χ1) is 13.6. The normalized spacial score (nSPS) is 14.6. The highest BCUT2D eigenvalue weighted by Crippen LogP contribution is 2.22. The minimum Gasteiger partial charge on any atom is -0.493 e. The number of carbonyl (C=O) groups is 1. The molecule has 3 aromatic rings. The van der Waals surface area contributed by atoms with Gasteiger partial charge in [0.2, 0.25) is 5.91 Å². The predicted octanol–water partition coefficient (Wildman–Crippen LogP) is 1.51. The van der Waals surface area contributed by atoms with Gasteiger partial charge in [-0.3, -0.25) is 9.48 Å². The lowest BCUT2D eigenvalue weighted by Crippen LogP contribution is -2.38. The molecule has 0 spiro atoms. The number of hydrogen-bond acceptors (Lipinski definition) is 5. The summed E-state index contributed by atoms with van der Waals surface area (Å²) in [5.41, 5.74) is 1.46. The van der Waals surface area contributed by atoms with Crippen LogP contribution in [0.2, 0.25) is 0 Å². The largest absolute Gasteiger partial charge is 0.493 e. The number of rotatable bonds is 6. The van der Waals surface area contributed by atoms with Gasteiger partial charge in [-0.15, -0.1) is 0 Å². The Morgan fingerprint density at radius 2 is 2.11 bits per heavy atom. The molecule has 0 saturated carbocycles. The summed E-state index contributed by atoms with van der Waals surface area (Å²) >= 11 is 0. The van der Waals surface area contributed by atoms with Crippen LogP contribution in [0.1, 0.15) is 29.7 Å². The summed E-state index contributed by atoms with van der Waals surface area (Å²) in [5, 5.41) is 15.0. The molecule has 0 unspecified atom stereocenters. The number of ether oxygens (including phenoxy) is 1. The molecule has 0 bridgehead atoms. The quantitative estimate of drug-likeness (QED) is 0.700. The zero-order valence-corrected chi connectivity index (χ0v) is 15.7. The fraction of sp³-hybridized carbons (Fsp3) is 0.350. The number of nitrogens with zero attached hydrogens (tertiary/aromatic N) is 5. The Morgan fingerprint density at radius 1 is 1.29 bits per heavy atom. The van der Waals surface area contributed by atoms with Gasteiger partial charge in [-0.2, -0.15) is 5.10 Å². The van der Waals surface area contributed by atoms with Crippen molar-refractivity contribution in [3.8, 4) is 5.75 Å². The average molecular weight is 381 g/mol. The Balaban J connectivity index is 1.36. The van der Waals surface area contributed by atoms with Crippen LogP contribution in [0.4, 0.5) is 0 Å². The second-order valence-electron chi connectivity index (χ2n) is 6.81. The third-order valence-electron chi connectivity index (χ3n) is 4.88. The maximum Gasteiger partial charge on any atom is 0.226 e. The molecule has 4 rings (SSSR count). The summed E-state index contributed by atoms with van der Waals surface area (Å²) in [6, 6.07) is 11.3. The zero-order chi connectivity index (χ0) is 19.5. The number of aliphatic hydroxyl groups is 1. The van der Waals surface area contributed by atoms with Crippen molar-refractivity contribution in [2.45, 2.75) is 25.6 Å². The zero-order valence-electron chi connectivity index (χ0n) is 15.7. The van der Waals surface area contributed by atoms with E-state index in [0.717, 1.165) is 11.4 Å². The fourth-order valence-corrected chi connectivity index (χ4v) is 3.34. The highest BCUT2D eigenvalue weighted by atomic mass is 16.5. The van der Waals surface area contributed by atoms with E-state index in [-0.39, 0.29) is 5.91 Å². The van der Waals surface area contributed by atoms with E-state index in [1.807, 2.05) is 53.0 Å². The van der Waals surface area contributed by atoms with Gasteiger partial charge in [-0.1, -0.05) is 18.2 Å². The number of aliphatic hydroxyl groups excluding tert-OH is 1. The first-order valence-corrected chi connectivity index (χ1v) is 9.29. The molecule has 1 aliphatic rings. The number of hydrogen-bond donors (Lipinski definition) is 1. The van der Waals surface area contributed by atoms with Crippen molar-refractivity contribution in [3.05, 3.63) is 66.0 Å². The molecule has 0 fully saturated rings. The number of amides is 1. The number of aryl methyl sites for hydroxylation is 1. The minimum absolute atomic E-state index is 0.0505. The molecule has 146 valence electrons. The topological polar surface area (TPSA) is 85.4 Å². The van der Waals surface area contributed by atoms with Crippen molar-refractivity contribution in [1.82, 2.24) is 24.2 Å². The Labute approximate surface area is 163 Å². The van der Waals surface area contributed by atoms with Crippen molar-refractivity contribution in [2.75, 3.05) is 13.2 Å². The molecule has 0 aliphatic carbocycles. The lowest BCUT2D eigenvalue weighted by Gasteiger charge is -2.27. The van der Waals surface area contributed by atoms with E-state index in [1.54, 1.807) is 17.0 Å². The van der Waals surface area contributed by atoms with Gasteiger partial charge in [0, 0.05) is 26.0 Å². The van der Waals surface area contributed by atoms with Crippen LogP contribution in [-0.4, -0.2) is 48.4 Å². The number of imidazole rings is 1. The number of carbonyl (C=O) groups excluding carboxylic acids is 1. The second kappa shape index (κ2) is 7.85. The van der Waals surface area contributed by atoms with Crippen LogP contribution in [0.25, 0.3) is 0 Å². The van der Waals surface area contributed by atoms with Crippen molar-refractivity contribution in [2.24, 2.45) is 7.05 Å². The van der Waals surface area contributed by atoms with Gasteiger partial charge in [0.1, 0.15) is 11.6 Å². The van der Waals surface area contributed by atoms with E-state index in [4.69, 9.17) is 4.74 Å². The van der Waals surface area contributed by atoms with E-state index in [2.05, 4.69) is 10.1 Å². The van der Waals surface area contributed by atoms with Gasteiger partial charge in [0.15, 0.2) is 6.10 Å². The standard InChI is InChI=1S/C20H23N5O3/c1-23-9-8-21-20(23)19(27)17-13-15-14-24(10-11-25(15)22-17)18(26)7-12-28-16-5-3-2-4-6-16/h2-6,8-9,13,19,27H,7,10-12,14H2,1H3/t19-/m0/s1. The summed E-state index contributed by atoms with van der Waals surface area (Å²) < 4.78 is 9.24. The Hall–Kier alpha value is -3.13. The second-order valence-corrected chi connectivity index (χ2v) is 6.81. The number of aromatic nitrogens is 4. The van der Waals surface area contributed by atoms with Gasteiger partial charge >= 0.3 is 0 Å². The van der Waals surface area contributed by atoms with Crippen molar-refractivity contribution >= 4 is 5.91 Å². The van der Waals surface area contributed by atoms with E-state index >= 15 is 0 Å². The lowest BCUT2D eigenvalue weighted by atomic mass is 10.2. The van der Waals surface area contributed by atoms with Gasteiger partial charge in [0.05, 0.1) is 37.5 Å². The molecule has 2 aromatic heterocycles. The van der Waals surface area contributed by atoms with Crippen molar-refractivity contribution in [3.63, 3.8) is 0 Å². The Morgan fingerprint density at radius 3 is 2.86 bits per heavy atom. The van der Waals surface area contributed by atoms with E-state index in [0.29, 0.717) is 44.2 Å². The highest BCUT2D eigenvalue weighted by molar-refractivity contribution is 5.76. The molecule has 1 aliphatic heterocycles. The van der Waals surface area contributed by atoms with Crippen LogP contribution >= 0.6 is 0 Å². The van der Waals surface area contributed by atoms with Crippen molar-refractivity contribution in [1.29, 1.82) is 0 Å². The van der Waals surface area contributed by atoms with E-state index in [9.17, 15) is 9.90 Å². The molecule has 8 nitrogen and oxygen atoms in total. The van der Waals surface area contributed by atoms with E-state index < -0.39 is 6.10 Å². The van der Waals surface area contributed by atoms with Crippen LogP contribution in [-0.2, 0) is 24.9 Å². The fourth-order valence-electron chi connectivity index (χ4n) is 3.34. The third kappa shape index (κ3) is 3.77. The van der Waals surface area contributed by atoms with Gasteiger partial charge in [0.25, 0.3) is 0 Å². The molecule has 28 heavy (non-hydrogen) atoms. The Bertz CT molecular complexity index is 950. The molecule has 1 atom stereocenters. The molecule has 0 radical (unpaired) electrons. The molecule has 0 saturated heterocycles. The Kier molecular flexibility index (Phi) is 5.12. The predicted molar refractivity (Wildman–Crippen MR) is 101 cm³/mol. The van der Waals surface area contributed by atoms with Crippen molar-refractivity contribution < 1.29 is 14.6 Å². The molecule has 3 heterocycles. The molecule has 1 N–H and O–H groups in total. The summed E-state index contributed by atoms with van der Waals surface area (Å²) in [4.78, 5) is 18.5. The summed E-state index contributed by atoms with van der Waals surface area (Å²) in [5.74, 6) is 1.36. The highest BCUT2D eigenvalue weighted by Gasteiger charge is 2.25. The first-order valence-electron chi connectivity index (χ1n) is 9.29. The monoisotopic (exact) mass is 381 g/mol. The van der Waals surface area contributed by atoms with Crippen LogP contribution in [0, 0.1) is 0 Å². The van der Waals surface area contributed by atoms with Crippen LogP contribution < -0.4 is 4.74 Å². The number of fused-ring (bicyclic) bond motifs is 1. The summed E-state index contributed by atoms with van der Waals surface area (Å²) in [7, 11) is 1.83. The molecular formula is C20H23N5O3. The molecule has 1 aromatic carbocycles. The summed E-state index contributed by atoms with van der Waals surface area (Å²) in [6.45, 7) is 2.02. The lowest BCUT2D eigenvalue weighted by molar-refractivity contribution is -0.133. The van der Waals surface area contributed by atoms with Crippen LogP contribution in [0.15, 0.2) is 48.8 Å². The van der Waals surface area contributed by atoms with Crippen LogP contribution in [0.5, 0.6) is 5.75 Å². The smallest absolute Gasteiger partial charge is 0.226 e. The maximum atomic E-state index is 12.5. The van der Waals surface area contributed by atoms with Crippen LogP contribution in [0.3, 0.4) is 0 Å². The number of para-hydroxylation sites is 1. The third-order valence-corrected chi connectivity index (χ3v) is 4.88. The maximum absolute atomic E-state index is 12.5. The minimum atomic E-state index is -0.887. The average Bonchev–Trinajstić information content (AvgIpc) is 3.33. The first kappa shape index (κ1) is 18.2. The summed E-state index contributed by atoms with van der Waals surface area (Å²) in [6.07, 6.45) is 2.87. The molecular weight excluding hydrogens is 358 g/mol. The SMILES string of the molecule is Cn1ccnc1[C@@H](O)c1cc2n(n1)CCN(C(=O)CCOc1ccccc1)C2. The molecule has 1 amide bonds. The molecule has 8 heteroatoms. The van der Waals surface area contributed by atoms with Gasteiger partial charge < -0.3 is 19.3 Å². The number of benzene rings is 1.